The van der Waals surface area contributed by atoms with E-state index in [1.165, 1.54) is 0 Å². The van der Waals surface area contributed by atoms with E-state index in [1.54, 1.807) is 13.8 Å². The highest BCUT2D eigenvalue weighted by Crippen LogP contribution is 2.50. The topological polar surface area (TPSA) is 90.9 Å². The van der Waals surface area contributed by atoms with Gasteiger partial charge in [0.1, 0.15) is 6.10 Å². The Labute approximate surface area is 190 Å². The minimum absolute atomic E-state index is 0.0504. The quantitative estimate of drug-likeness (QED) is 0.336. The molecule has 2 aromatic rings. The molecule has 2 aromatic carbocycles. The summed E-state index contributed by atoms with van der Waals surface area (Å²) in [4.78, 5) is 24.4. The lowest BCUT2D eigenvalue weighted by atomic mass is 10.1. The first kappa shape index (κ1) is 25.8. The molecular formula is C24H32NO6P. The molecule has 0 bridgehead atoms. The van der Waals surface area contributed by atoms with Gasteiger partial charge in [0.05, 0.1) is 25.8 Å². The van der Waals surface area contributed by atoms with Gasteiger partial charge in [-0.05, 0) is 31.4 Å². The highest BCUT2D eigenvalue weighted by atomic mass is 31.2. The van der Waals surface area contributed by atoms with Gasteiger partial charge in [-0.3, -0.25) is 18.7 Å². The number of benzene rings is 2. The molecule has 0 aliphatic carbocycles. The summed E-state index contributed by atoms with van der Waals surface area (Å²) in [6.07, 6.45) is -0.0800. The van der Waals surface area contributed by atoms with Gasteiger partial charge in [-0.25, -0.2) is 0 Å². The van der Waals surface area contributed by atoms with E-state index in [0.29, 0.717) is 6.42 Å². The molecule has 0 aliphatic heterocycles. The van der Waals surface area contributed by atoms with Crippen molar-refractivity contribution >= 4 is 19.5 Å². The van der Waals surface area contributed by atoms with Crippen LogP contribution >= 0.6 is 7.60 Å². The van der Waals surface area contributed by atoms with Crippen molar-refractivity contribution in [1.29, 1.82) is 0 Å². The zero-order chi connectivity index (χ0) is 23.2. The third-order valence-electron chi connectivity index (χ3n) is 4.62. The fourth-order valence-electron chi connectivity index (χ4n) is 3.09. The molecule has 1 N–H and O–H groups in total. The molecule has 0 heterocycles. The molecule has 7 nitrogen and oxygen atoms in total. The molecule has 0 aliphatic rings. The standard InChI is InChI=1S/C24H32NO6P/c1-3-29-23(26)15-17-25-24(27)22(19-21-13-9-6-10-14-21)31-32(28,30-4-2)18-16-20-11-7-5-8-12-20/h5-14,22H,3-4,15-19H2,1-2H3,(H,25,27)/t22-,32?/m0/s1. The molecule has 0 radical (unpaired) electrons. The second-order valence-electron chi connectivity index (χ2n) is 7.12. The van der Waals surface area contributed by atoms with Gasteiger partial charge in [0.15, 0.2) is 0 Å². The SMILES string of the molecule is CCOC(=O)CCNC(=O)[C@H](Cc1ccccc1)OP(=O)(CCc1ccccc1)OCC. The van der Waals surface area contributed by atoms with E-state index in [4.69, 9.17) is 13.8 Å². The molecule has 174 valence electrons. The van der Waals surface area contributed by atoms with Gasteiger partial charge in [-0.15, -0.1) is 0 Å². The summed E-state index contributed by atoms with van der Waals surface area (Å²) in [6.45, 7) is 4.06. The van der Waals surface area contributed by atoms with Gasteiger partial charge >= 0.3 is 13.6 Å². The lowest BCUT2D eigenvalue weighted by Gasteiger charge is -2.24. The van der Waals surface area contributed by atoms with Crippen LogP contribution in [0.2, 0.25) is 0 Å². The smallest absolute Gasteiger partial charge is 0.331 e. The van der Waals surface area contributed by atoms with Crippen LogP contribution in [-0.4, -0.2) is 43.9 Å². The Kier molecular flexibility index (Phi) is 11.2. The fraction of sp³-hybridized carbons (Fsp3) is 0.417. The van der Waals surface area contributed by atoms with Crippen LogP contribution in [0.4, 0.5) is 0 Å². The van der Waals surface area contributed by atoms with Gasteiger partial charge < -0.3 is 14.6 Å². The second kappa shape index (κ2) is 13.8. The molecule has 0 fully saturated rings. The number of esters is 1. The number of aryl methyl sites for hydroxylation is 1. The number of hydrogen-bond donors (Lipinski definition) is 1. The molecule has 2 atom stereocenters. The van der Waals surface area contributed by atoms with Crippen LogP contribution < -0.4 is 5.32 Å². The zero-order valence-electron chi connectivity index (χ0n) is 18.7. The Morgan fingerprint density at radius 1 is 0.938 bits per heavy atom. The number of ether oxygens (including phenoxy) is 1. The first-order valence-electron chi connectivity index (χ1n) is 10.9. The van der Waals surface area contributed by atoms with Crippen molar-refractivity contribution in [1.82, 2.24) is 5.32 Å². The van der Waals surface area contributed by atoms with E-state index in [-0.39, 0.29) is 38.8 Å². The molecule has 1 unspecified atom stereocenters. The molecule has 0 saturated heterocycles. The molecule has 2 rings (SSSR count). The summed E-state index contributed by atoms with van der Waals surface area (Å²) in [7, 11) is -3.55. The average molecular weight is 461 g/mol. The van der Waals surface area contributed by atoms with Crippen LogP contribution in [0.15, 0.2) is 60.7 Å². The van der Waals surface area contributed by atoms with Crippen LogP contribution in [0.1, 0.15) is 31.4 Å². The predicted octanol–water partition coefficient (Wildman–Crippen LogP) is 4.16. The first-order valence-corrected chi connectivity index (χ1v) is 12.6. The Bertz CT molecular complexity index is 875. The Balaban J connectivity index is 2.09. The van der Waals surface area contributed by atoms with E-state index in [0.717, 1.165) is 11.1 Å². The van der Waals surface area contributed by atoms with E-state index in [1.807, 2.05) is 60.7 Å². The molecule has 0 spiro atoms. The largest absolute Gasteiger partial charge is 0.466 e. The van der Waals surface area contributed by atoms with Gasteiger partial charge in [-0.2, -0.15) is 0 Å². The molecule has 32 heavy (non-hydrogen) atoms. The predicted molar refractivity (Wildman–Crippen MR) is 124 cm³/mol. The lowest BCUT2D eigenvalue weighted by Crippen LogP contribution is -2.38. The van der Waals surface area contributed by atoms with Crippen LogP contribution in [0.3, 0.4) is 0 Å². The zero-order valence-corrected chi connectivity index (χ0v) is 19.6. The summed E-state index contributed by atoms with van der Waals surface area (Å²) in [5.74, 6) is -0.839. The van der Waals surface area contributed by atoms with Crippen LogP contribution in [-0.2, 0) is 40.8 Å². The van der Waals surface area contributed by atoms with Crippen LogP contribution in [0.25, 0.3) is 0 Å². The monoisotopic (exact) mass is 461 g/mol. The third kappa shape index (κ3) is 9.35. The molecular weight excluding hydrogens is 429 g/mol. The number of carbonyl (C=O) groups excluding carboxylic acids is 2. The summed E-state index contributed by atoms with van der Waals surface area (Å²) in [5.41, 5.74) is 1.87. The summed E-state index contributed by atoms with van der Waals surface area (Å²) < 4.78 is 29.7. The van der Waals surface area contributed by atoms with Gasteiger partial charge in [-0.1, -0.05) is 60.7 Å². The van der Waals surface area contributed by atoms with E-state index in [2.05, 4.69) is 5.32 Å². The van der Waals surface area contributed by atoms with Crippen molar-refractivity contribution in [2.75, 3.05) is 25.9 Å². The first-order chi connectivity index (χ1) is 15.5. The maximum Gasteiger partial charge on any atom is 0.331 e. The van der Waals surface area contributed by atoms with E-state index in [9.17, 15) is 14.2 Å². The highest BCUT2D eigenvalue weighted by molar-refractivity contribution is 7.53. The Hall–Kier alpha value is -2.47. The third-order valence-corrected chi connectivity index (χ3v) is 6.62. The fourth-order valence-corrected chi connectivity index (χ4v) is 4.87. The number of carbonyl (C=O) groups is 2. The van der Waals surface area contributed by atoms with Crippen molar-refractivity contribution < 1.29 is 27.9 Å². The summed E-state index contributed by atoms with van der Waals surface area (Å²) in [5, 5.41) is 2.69. The lowest BCUT2D eigenvalue weighted by molar-refractivity contribution is -0.143. The number of amides is 1. The highest BCUT2D eigenvalue weighted by Gasteiger charge is 2.32. The van der Waals surface area contributed by atoms with Crippen LogP contribution in [0, 0.1) is 0 Å². The Morgan fingerprint density at radius 3 is 2.16 bits per heavy atom. The summed E-state index contributed by atoms with van der Waals surface area (Å²) in [6, 6.07) is 19.0. The normalized spacial score (nSPS) is 13.7. The average Bonchev–Trinajstić information content (AvgIpc) is 2.79. The number of nitrogens with one attached hydrogen (secondary N) is 1. The summed E-state index contributed by atoms with van der Waals surface area (Å²) >= 11 is 0. The number of rotatable bonds is 14. The molecule has 1 amide bonds. The van der Waals surface area contributed by atoms with Crippen molar-refractivity contribution in [2.45, 2.75) is 39.2 Å². The number of hydrogen-bond acceptors (Lipinski definition) is 6. The molecule has 0 saturated carbocycles. The van der Waals surface area contributed by atoms with E-state index < -0.39 is 25.6 Å². The molecule has 0 aromatic heterocycles. The molecule has 8 heteroatoms. The minimum Gasteiger partial charge on any atom is -0.466 e. The minimum atomic E-state index is -3.55. The van der Waals surface area contributed by atoms with Crippen LogP contribution in [0.5, 0.6) is 0 Å². The van der Waals surface area contributed by atoms with Crippen molar-refractivity contribution in [2.24, 2.45) is 0 Å². The Morgan fingerprint density at radius 2 is 1.56 bits per heavy atom. The maximum absolute atomic E-state index is 13.5. The second-order valence-corrected chi connectivity index (χ2v) is 9.26. The van der Waals surface area contributed by atoms with Crippen molar-refractivity contribution in [3.8, 4) is 0 Å². The van der Waals surface area contributed by atoms with Gasteiger partial charge in [0.2, 0.25) is 5.91 Å². The van der Waals surface area contributed by atoms with Crippen molar-refractivity contribution in [3.05, 3.63) is 71.8 Å². The van der Waals surface area contributed by atoms with Crippen molar-refractivity contribution in [3.63, 3.8) is 0 Å². The maximum atomic E-state index is 13.5. The van der Waals surface area contributed by atoms with Gasteiger partial charge in [0, 0.05) is 13.0 Å². The van der Waals surface area contributed by atoms with E-state index >= 15 is 0 Å². The van der Waals surface area contributed by atoms with Gasteiger partial charge in [0.25, 0.3) is 0 Å².